The molecule has 0 spiro atoms. The van der Waals surface area contributed by atoms with Crippen molar-refractivity contribution in [3.8, 4) is 0 Å². The topological polar surface area (TPSA) is 38.9 Å². The van der Waals surface area contributed by atoms with Crippen LogP contribution in [-0.2, 0) is 11.8 Å². The van der Waals surface area contributed by atoms with Gasteiger partial charge in [0.25, 0.3) is 0 Å². The third kappa shape index (κ3) is 3.20. The minimum absolute atomic E-state index is 0.0262. The number of nitrogens with zero attached hydrogens (tertiary/aromatic N) is 1. The molecule has 98 valence electrons. The van der Waals surface area contributed by atoms with Gasteiger partial charge in [-0.15, -0.1) is 22.7 Å². The fourth-order valence-electron chi connectivity index (χ4n) is 1.60. The minimum Gasteiger partial charge on any atom is -0.323 e. The van der Waals surface area contributed by atoms with Gasteiger partial charge in [0, 0.05) is 32.6 Å². The first-order chi connectivity index (χ1) is 8.38. The fourth-order valence-corrected chi connectivity index (χ4v) is 4.35. The molecule has 0 bridgehead atoms. The van der Waals surface area contributed by atoms with Gasteiger partial charge in [0.05, 0.1) is 10.7 Å². The Labute approximate surface area is 124 Å². The highest BCUT2D eigenvalue weighted by atomic mass is 79.9. The summed E-state index contributed by atoms with van der Waals surface area (Å²) in [5.41, 5.74) is 7.50. The van der Waals surface area contributed by atoms with Crippen LogP contribution < -0.4 is 5.73 Å². The third-order valence-corrected chi connectivity index (χ3v) is 5.57. The first kappa shape index (κ1) is 14.2. The van der Waals surface area contributed by atoms with Crippen LogP contribution in [0.4, 0.5) is 0 Å². The zero-order valence-corrected chi connectivity index (χ0v) is 14.0. The Kier molecular flexibility index (Phi) is 4.26. The summed E-state index contributed by atoms with van der Waals surface area (Å²) in [4.78, 5) is 5.89. The average Bonchev–Trinajstić information content (AvgIpc) is 2.85. The summed E-state index contributed by atoms with van der Waals surface area (Å²) in [5, 5.41) is 5.32. The molecule has 2 rings (SSSR count). The van der Waals surface area contributed by atoms with Gasteiger partial charge in [0.2, 0.25) is 0 Å². The smallest absolute Gasteiger partial charge is 0.0947 e. The Bertz CT molecular complexity index is 525. The standard InChI is InChI=1S/C13H17BrN2S2/c1-13(2,3)10-7-18-11(16-10)6-9(15)12-8(14)4-5-17-12/h4-5,7,9H,6,15H2,1-3H3. The molecule has 2 aromatic rings. The van der Waals surface area contributed by atoms with Crippen LogP contribution >= 0.6 is 38.6 Å². The molecule has 0 aromatic carbocycles. The van der Waals surface area contributed by atoms with E-state index >= 15 is 0 Å². The van der Waals surface area contributed by atoms with Crippen molar-refractivity contribution < 1.29 is 0 Å². The zero-order valence-electron chi connectivity index (χ0n) is 10.7. The lowest BCUT2D eigenvalue weighted by molar-refractivity contribution is 0.569. The highest BCUT2D eigenvalue weighted by Gasteiger charge is 2.19. The first-order valence-corrected chi connectivity index (χ1v) is 8.36. The van der Waals surface area contributed by atoms with Gasteiger partial charge in [0.15, 0.2) is 0 Å². The summed E-state index contributed by atoms with van der Waals surface area (Å²) < 4.78 is 1.10. The summed E-state index contributed by atoms with van der Waals surface area (Å²) >= 11 is 6.93. The summed E-state index contributed by atoms with van der Waals surface area (Å²) in [6.07, 6.45) is 0.805. The summed E-state index contributed by atoms with van der Waals surface area (Å²) in [6, 6.07) is 2.07. The van der Waals surface area contributed by atoms with E-state index in [1.54, 1.807) is 22.7 Å². The number of hydrogen-bond acceptors (Lipinski definition) is 4. The second-order valence-electron chi connectivity index (χ2n) is 5.32. The monoisotopic (exact) mass is 344 g/mol. The molecule has 2 aromatic heterocycles. The maximum absolute atomic E-state index is 6.24. The van der Waals surface area contributed by atoms with E-state index in [9.17, 15) is 0 Å². The van der Waals surface area contributed by atoms with Crippen LogP contribution in [-0.4, -0.2) is 4.98 Å². The SMILES string of the molecule is CC(C)(C)c1csc(CC(N)c2sccc2Br)n1. The minimum atomic E-state index is 0.0262. The average molecular weight is 345 g/mol. The van der Waals surface area contributed by atoms with Crippen molar-refractivity contribution in [2.75, 3.05) is 0 Å². The second-order valence-corrected chi connectivity index (χ2v) is 8.06. The van der Waals surface area contributed by atoms with Crippen molar-refractivity contribution in [2.45, 2.75) is 38.6 Å². The lowest BCUT2D eigenvalue weighted by atomic mass is 9.93. The molecule has 0 fully saturated rings. The first-order valence-electron chi connectivity index (χ1n) is 5.81. The van der Waals surface area contributed by atoms with Crippen LogP contribution in [0.3, 0.4) is 0 Å². The van der Waals surface area contributed by atoms with Crippen LogP contribution in [0.1, 0.15) is 42.4 Å². The van der Waals surface area contributed by atoms with E-state index in [0.29, 0.717) is 0 Å². The Morgan fingerprint density at radius 3 is 2.61 bits per heavy atom. The number of thiophene rings is 1. The molecule has 0 amide bonds. The Morgan fingerprint density at radius 2 is 2.11 bits per heavy atom. The van der Waals surface area contributed by atoms with Crippen LogP contribution in [0.15, 0.2) is 21.3 Å². The van der Waals surface area contributed by atoms with Gasteiger partial charge in [-0.3, -0.25) is 0 Å². The molecular weight excluding hydrogens is 328 g/mol. The third-order valence-electron chi connectivity index (χ3n) is 2.70. The fraction of sp³-hybridized carbons (Fsp3) is 0.462. The van der Waals surface area contributed by atoms with Gasteiger partial charge >= 0.3 is 0 Å². The van der Waals surface area contributed by atoms with Crippen LogP contribution in [0, 0.1) is 0 Å². The lowest BCUT2D eigenvalue weighted by Crippen LogP contribution is -2.14. The van der Waals surface area contributed by atoms with E-state index in [4.69, 9.17) is 5.73 Å². The van der Waals surface area contributed by atoms with Crippen LogP contribution in [0.2, 0.25) is 0 Å². The highest BCUT2D eigenvalue weighted by Crippen LogP contribution is 2.31. The number of rotatable bonds is 3. The molecule has 1 atom stereocenters. The Balaban J connectivity index is 2.11. The van der Waals surface area contributed by atoms with E-state index in [1.165, 1.54) is 4.88 Å². The molecule has 18 heavy (non-hydrogen) atoms. The van der Waals surface area contributed by atoms with Crippen molar-refractivity contribution in [1.82, 2.24) is 4.98 Å². The van der Waals surface area contributed by atoms with Crippen molar-refractivity contribution in [3.05, 3.63) is 36.9 Å². The van der Waals surface area contributed by atoms with E-state index < -0.39 is 0 Å². The van der Waals surface area contributed by atoms with Gasteiger partial charge < -0.3 is 5.73 Å². The molecule has 0 aliphatic heterocycles. The number of thiazole rings is 1. The molecule has 2 N–H and O–H groups in total. The van der Waals surface area contributed by atoms with Crippen molar-refractivity contribution in [3.63, 3.8) is 0 Å². The maximum atomic E-state index is 6.24. The maximum Gasteiger partial charge on any atom is 0.0947 e. The molecule has 2 nitrogen and oxygen atoms in total. The lowest BCUT2D eigenvalue weighted by Gasteiger charge is -2.14. The molecule has 0 saturated carbocycles. The van der Waals surface area contributed by atoms with E-state index in [2.05, 4.69) is 52.4 Å². The van der Waals surface area contributed by atoms with E-state index in [0.717, 1.165) is 21.6 Å². The molecule has 5 heteroatoms. The quantitative estimate of drug-likeness (QED) is 0.889. The summed E-state index contributed by atoms with van der Waals surface area (Å²) in [7, 11) is 0. The Hall–Kier alpha value is -0.230. The normalized spacial score (nSPS) is 13.8. The van der Waals surface area contributed by atoms with Crippen molar-refractivity contribution >= 4 is 38.6 Å². The van der Waals surface area contributed by atoms with Crippen LogP contribution in [0.25, 0.3) is 0 Å². The molecule has 0 radical (unpaired) electrons. The number of nitrogens with two attached hydrogens (primary N) is 1. The van der Waals surface area contributed by atoms with Gasteiger partial charge in [-0.2, -0.15) is 0 Å². The predicted molar refractivity (Wildman–Crippen MR) is 83.5 cm³/mol. The number of hydrogen-bond donors (Lipinski definition) is 1. The van der Waals surface area contributed by atoms with Gasteiger partial charge in [-0.05, 0) is 27.4 Å². The molecule has 0 aliphatic rings. The number of aromatic nitrogens is 1. The highest BCUT2D eigenvalue weighted by molar-refractivity contribution is 9.10. The van der Waals surface area contributed by atoms with Crippen LogP contribution in [0.5, 0.6) is 0 Å². The van der Waals surface area contributed by atoms with E-state index in [1.807, 2.05) is 6.07 Å². The summed E-state index contributed by atoms with van der Waals surface area (Å²) in [5.74, 6) is 0. The molecular formula is C13H17BrN2S2. The van der Waals surface area contributed by atoms with Crippen molar-refractivity contribution in [1.29, 1.82) is 0 Å². The van der Waals surface area contributed by atoms with E-state index in [-0.39, 0.29) is 11.5 Å². The molecule has 2 heterocycles. The van der Waals surface area contributed by atoms with Gasteiger partial charge in [0.1, 0.15) is 0 Å². The predicted octanol–water partition coefficient (Wildman–Crippen LogP) is 4.51. The molecule has 1 unspecified atom stereocenters. The van der Waals surface area contributed by atoms with Gasteiger partial charge in [-0.1, -0.05) is 20.8 Å². The Morgan fingerprint density at radius 1 is 1.39 bits per heavy atom. The second kappa shape index (κ2) is 5.41. The number of halogens is 1. The summed E-state index contributed by atoms with van der Waals surface area (Å²) in [6.45, 7) is 6.55. The largest absolute Gasteiger partial charge is 0.323 e. The van der Waals surface area contributed by atoms with Gasteiger partial charge in [-0.25, -0.2) is 4.98 Å². The molecule has 0 saturated heterocycles. The zero-order chi connectivity index (χ0) is 13.3. The van der Waals surface area contributed by atoms with Crippen molar-refractivity contribution in [2.24, 2.45) is 5.73 Å². The molecule has 0 aliphatic carbocycles.